The molecule has 1 aliphatic rings. The number of esters is 1. The van der Waals surface area contributed by atoms with Gasteiger partial charge in [0, 0.05) is 11.4 Å². The molecule has 10 heteroatoms. The monoisotopic (exact) mass is 406 g/mol. The van der Waals surface area contributed by atoms with Gasteiger partial charge in [-0.25, -0.2) is 4.79 Å². The number of rotatable bonds is 6. The van der Waals surface area contributed by atoms with Crippen LogP contribution in [0, 0.1) is 0 Å². The van der Waals surface area contributed by atoms with E-state index in [9.17, 15) is 13.2 Å². The smallest absolute Gasteiger partial charge is 0.358 e. The molecule has 0 saturated heterocycles. The van der Waals surface area contributed by atoms with E-state index >= 15 is 0 Å². The number of benzene rings is 1. The zero-order chi connectivity index (χ0) is 18.6. The van der Waals surface area contributed by atoms with Crippen LogP contribution in [0.3, 0.4) is 0 Å². The first-order valence-electron chi connectivity index (χ1n) is 7.25. The van der Waals surface area contributed by atoms with E-state index in [4.69, 9.17) is 27.9 Å². The summed E-state index contributed by atoms with van der Waals surface area (Å²) in [5, 5.41) is 0.508. The fourth-order valence-electron chi connectivity index (χ4n) is 2.12. The number of carbonyl (C=O) groups excluding carboxylic acids is 1. The molecule has 1 aromatic rings. The van der Waals surface area contributed by atoms with Crippen molar-refractivity contribution < 1.29 is 22.2 Å². The highest BCUT2D eigenvalue weighted by Gasteiger charge is 2.29. The van der Waals surface area contributed by atoms with Gasteiger partial charge in [0.15, 0.2) is 5.71 Å². The second-order valence-corrected chi connectivity index (χ2v) is 7.54. The van der Waals surface area contributed by atoms with Gasteiger partial charge < -0.3 is 4.74 Å². The van der Waals surface area contributed by atoms with Crippen LogP contribution in [0.4, 0.5) is 0 Å². The van der Waals surface area contributed by atoms with Gasteiger partial charge >= 0.3 is 5.97 Å². The number of hydrogen-bond donors (Lipinski definition) is 1. The van der Waals surface area contributed by atoms with Gasteiger partial charge in [-0.2, -0.15) is 12.7 Å². The van der Waals surface area contributed by atoms with Crippen LogP contribution in [-0.2, 0) is 23.9 Å². The standard InChI is InChI=1S/C15H16Cl2N2O5S/c1-3-23-15(20)14-13(17)12(19-24-25(2,21)22)8-11(18-14)9-4-6-10(16)7-5-9/h4-7,11,19H,3,8H2,1-2H3. The van der Waals surface area contributed by atoms with Crippen LogP contribution in [0.2, 0.25) is 5.02 Å². The molecule has 1 aliphatic heterocycles. The summed E-state index contributed by atoms with van der Waals surface area (Å²) >= 11 is 12.1. The molecule has 0 bridgehead atoms. The van der Waals surface area contributed by atoms with Gasteiger partial charge in [-0.1, -0.05) is 35.3 Å². The first-order valence-corrected chi connectivity index (χ1v) is 9.82. The molecule has 0 aromatic heterocycles. The number of dihydropyridines is 1. The summed E-state index contributed by atoms with van der Waals surface area (Å²) in [5.41, 5.74) is 3.18. The minimum atomic E-state index is -3.76. The van der Waals surface area contributed by atoms with Crippen LogP contribution in [0.5, 0.6) is 0 Å². The Morgan fingerprint density at radius 3 is 2.52 bits per heavy atom. The van der Waals surface area contributed by atoms with E-state index in [0.29, 0.717) is 5.02 Å². The lowest BCUT2D eigenvalue weighted by Crippen LogP contribution is -2.29. The Bertz CT molecular complexity index is 819. The second-order valence-electron chi connectivity index (χ2n) is 5.15. The lowest BCUT2D eigenvalue weighted by molar-refractivity contribution is -0.135. The third-order valence-electron chi connectivity index (χ3n) is 3.20. The average Bonchev–Trinajstić information content (AvgIpc) is 2.54. The van der Waals surface area contributed by atoms with Crippen LogP contribution < -0.4 is 5.48 Å². The van der Waals surface area contributed by atoms with Gasteiger partial charge in [-0.3, -0.25) is 10.5 Å². The summed E-state index contributed by atoms with van der Waals surface area (Å²) in [6, 6.07) is 6.42. The molecule has 0 amide bonds. The maximum atomic E-state index is 12.1. The highest BCUT2D eigenvalue weighted by atomic mass is 35.5. The normalized spacial score (nSPS) is 17.9. The first-order chi connectivity index (χ1) is 11.7. The Labute approximate surface area is 155 Å². The van der Waals surface area contributed by atoms with Crippen molar-refractivity contribution in [2.45, 2.75) is 19.4 Å². The van der Waals surface area contributed by atoms with Gasteiger partial charge in [-0.15, -0.1) is 0 Å². The second kappa shape index (κ2) is 8.18. The lowest BCUT2D eigenvalue weighted by atomic mass is 9.99. The maximum absolute atomic E-state index is 12.1. The summed E-state index contributed by atoms with van der Waals surface area (Å²) < 4.78 is 31.9. The average molecular weight is 407 g/mol. The van der Waals surface area contributed by atoms with Crippen LogP contribution in [-0.4, -0.2) is 33.0 Å². The summed E-state index contributed by atoms with van der Waals surface area (Å²) in [6.07, 6.45) is 1.09. The SMILES string of the molecule is CCOC(=O)C1=NC(c2ccc(Cl)cc2)CC(NOS(C)(=O)=O)=C1Cl. The van der Waals surface area contributed by atoms with Crippen molar-refractivity contribution >= 4 is 45.0 Å². The number of nitrogens with one attached hydrogen (secondary N) is 1. The molecule has 1 N–H and O–H groups in total. The summed E-state index contributed by atoms with van der Waals surface area (Å²) in [4.78, 5) is 16.4. The van der Waals surface area contributed by atoms with Crippen molar-refractivity contribution in [3.05, 3.63) is 45.6 Å². The van der Waals surface area contributed by atoms with Crippen molar-refractivity contribution in [1.82, 2.24) is 5.48 Å². The van der Waals surface area contributed by atoms with E-state index in [1.807, 2.05) is 0 Å². The molecule has 0 radical (unpaired) electrons. The minimum absolute atomic E-state index is 0.0488. The molecule has 1 unspecified atom stereocenters. The molecule has 0 fully saturated rings. The Morgan fingerprint density at radius 2 is 1.96 bits per heavy atom. The summed E-state index contributed by atoms with van der Waals surface area (Å²) in [7, 11) is -3.76. The fourth-order valence-corrected chi connectivity index (χ4v) is 2.74. The molecular weight excluding hydrogens is 391 g/mol. The lowest BCUT2D eigenvalue weighted by Gasteiger charge is -2.23. The van der Waals surface area contributed by atoms with Crippen LogP contribution in [0.25, 0.3) is 0 Å². The molecule has 0 aliphatic carbocycles. The van der Waals surface area contributed by atoms with Crippen LogP contribution in [0.15, 0.2) is 40.0 Å². The molecule has 7 nitrogen and oxygen atoms in total. The predicted molar refractivity (Wildman–Crippen MR) is 94.8 cm³/mol. The fraction of sp³-hybridized carbons (Fsp3) is 0.333. The number of hydroxylamine groups is 1. The van der Waals surface area contributed by atoms with Gasteiger partial charge in [0.2, 0.25) is 0 Å². The van der Waals surface area contributed by atoms with Crippen LogP contribution >= 0.6 is 23.2 Å². The molecule has 25 heavy (non-hydrogen) atoms. The zero-order valence-corrected chi connectivity index (χ0v) is 15.8. The quantitative estimate of drug-likeness (QED) is 0.576. The molecule has 1 heterocycles. The van der Waals surface area contributed by atoms with Crippen molar-refractivity contribution in [3.8, 4) is 0 Å². The summed E-state index contributed by atoms with van der Waals surface area (Å²) in [5.74, 6) is -0.704. The Kier molecular flexibility index (Phi) is 6.45. The van der Waals surface area contributed by atoms with Crippen LogP contribution in [0.1, 0.15) is 24.9 Å². The number of ether oxygens (including phenoxy) is 1. The van der Waals surface area contributed by atoms with Gasteiger partial charge in [0.05, 0.1) is 29.6 Å². The van der Waals surface area contributed by atoms with E-state index in [2.05, 4.69) is 14.8 Å². The maximum Gasteiger partial charge on any atom is 0.358 e. The van der Waals surface area contributed by atoms with E-state index < -0.39 is 22.1 Å². The van der Waals surface area contributed by atoms with Gasteiger partial charge in [0.25, 0.3) is 10.1 Å². The molecule has 1 aromatic carbocycles. The third-order valence-corrected chi connectivity index (χ3v) is 4.24. The zero-order valence-electron chi connectivity index (χ0n) is 13.5. The highest BCUT2D eigenvalue weighted by Crippen LogP contribution is 2.33. The van der Waals surface area contributed by atoms with Crippen molar-refractivity contribution in [2.75, 3.05) is 12.9 Å². The van der Waals surface area contributed by atoms with Gasteiger partial charge in [-0.05, 0) is 24.6 Å². The molecule has 136 valence electrons. The molecule has 0 spiro atoms. The first kappa shape index (κ1) is 19.7. The largest absolute Gasteiger partial charge is 0.461 e. The molecule has 0 saturated carbocycles. The number of halogens is 2. The Morgan fingerprint density at radius 1 is 1.32 bits per heavy atom. The van der Waals surface area contributed by atoms with E-state index in [0.717, 1.165) is 11.8 Å². The topological polar surface area (TPSA) is 94.1 Å². The van der Waals surface area contributed by atoms with Crippen molar-refractivity contribution in [2.24, 2.45) is 4.99 Å². The van der Waals surface area contributed by atoms with E-state index in [1.165, 1.54) is 0 Å². The number of carbonyl (C=O) groups is 1. The number of hydrogen-bond acceptors (Lipinski definition) is 7. The number of nitrogens with zero attached hydrogens (tertiary/aromatic N) is 1. The predicted octanol–water partition coefficient (Wildman–Crippen LogP) is 2.72. The van der Waals surface area contributed by atoms with Crippen molar-refractivity contribution in [1.29, 1.82) is 0 Å². The van der Waals surface area contributed by atoms with E-state index in [1.54, 1.807) is 31.2 Å². The molecule has 1 atom stereocenters. The molecule has 2 rings (SSSR count). The Hall–Kier alpha value is -1.61. The third kappa shape index (κ3) is 5.43. The highest BCUT2D eigenvalue weighted by molar-refractivity contribution is 7.85. The van der Waals surface area contributed by atoms with Crippen molar-refractivity contribution in [3.63, 3.8) is 0 Å². The molecular formula is C15H16Cl2N2O5S. The minimum Gasteiger partial charge on any atom is -0.461 e. The Balaban J connectivity index is 2.37. The number of aliphatic imine (C=N–C) groups is 1. The van der Waals surface area contributed by atoms with Gasteiger partial charge in [0.1, 0.15) is 0 Å². The van der Waals surface area contributed by atoms with E-state index in [-0.39, 0.29) is 29.5 Å². The summed E-state index contributed by atoms with van der Waals surface area (Å²) in [6.45, 7) is 1.80.